The molecule has 29 heavy (non-hydrogen) atoms. The predicted octanol–water partition coefficient (Wildman–Crippen LogP) is 5.68. The van der Waals surface area contributed by atoms with Gasteiger partial charge in [0.1, 0.15) is 29.7 Å². The summed E-state index contributed by atoms with van der Waals surface area (Å²) in [5, 5.41) is 0. The molecule has 0 radical (unpaired) electrons. The molecule has 2 heterocycles. The Balaban J connectivity index is 1.38. The van der Waals surface area contributed by atoms with Gasteiger partial charge in [0.15, 0.2) is 5.78 Å². The highest BCUT2D eigenvalue weighted by Crippen LogP contribution is 2.17. The Morgan fingerprint density at radius 1 is 1.00 bits per heavy atom. The van der Waals surface area contributed by atoms with Crippen molar-refractivity contribution < 1.29 is 18.3 Å². The molecule has 0 aliphatic heterocycles. The van der Waals surface area contributed by atoms with Crippen LogP contribution < -0.4 is 4.74 Å². The number of aromatic nitrogens is 1. The average Bonchev–Trinajstić information content (AvgIpc) is 3.44. The number of hydrogen-bond acceptors (Lipinski definition) is 3. The molecule has 4 aromatic rings. The smallest absolute Gasteiger partial charge is 0.186 e. The minimum absolute atomic E-state index is 0.112. The molecule has 144 valence electrons. The van der Waals surface area contributed by atoms with E-state index in [0.29, 0.717) is 22.8 Å². The third-order valence-electron chi connectivity index (χ3n) is 4.31. The van der Waals surface area contributed by atoms with Crippen LogP contribution in [0.3, 0.4) is 0 Å². The molecule has 4 nitrogen and oxygen atoms in total. The fraction of sp³-hybridized carbons (Fsp3) is 0.0417. The van der Waals surface area contributed by atoms with Crippen LogP contribution in [0.4, 0.5) is 4.39 Å². The molecule has 0 amide bonds. The number of halogens is 1. The van der Waals surface area contributed by atoms with E-state index in [2.05, 4.69) is 0 Å². The monoisotopic (exact) mass is 387 g/mol. The Morgan fingerprint density at radius 2 is 1.79 bits per heavy atom. The van der Waals surface area contributed by atoms with E-state index >= 15 is 0 Å². The van der Waals surface area contributed by atoms with E-state index < -0.39 is 0 Å². The van der Waals surface area contributed by atoms with Gasteiger partial charge in [-0.2, -0.15) is 0 Å². The highest BCUT2D eigenvalue weighted by atomic mass is 19.1. The highest BCUT2D eigenvalue weighted by molar-refractivity contribution is 6.06. The van der Waals surface area contributed by atoms with Gasteiger partial charge >= 0.3 is 0 Å². The first kappa shape index (κ1) is 18.5. The molecule has 5 heteroatoms. The highest BCUT2D eigenvalue weighted by Gasteiger charge is 2.06. The molecule has 0 fully saturated rings. The molecular formula is C24H18FNO3. The number of furan rings is 1. The van der Waals surface area contributed by atoms with Gasteiger partial charge in [0, 0.05) is 23.6 Å². The number of ketones is 1. The van der Waals surface area contributed by atoms with Gasteiger partial charge in [-0.15, -0.1) is 0 Å². The zero-order valence-corrected chi connectivity index (χ0v) is 15.5. The molecule has 4 rings (SSSR count). The molecule has 0 saturated heterocycles. The number of benzene rings is 2. The summed E-state index contributed by atoms with van der Waals surface area (Å²) >= 11 is 0. The van der Waals surface area contributed by atoms with Gasteiger partial charge in [-0.05, 0) is 72.8 Å². The number of carbonyl (C=O) groups is 1. The zero-order chi connectivity index (χ0) is 20.1. The number of hydrogen-bond donors (Lipinski definition) is 0. The van der Waals surface area contributed by atoms with Gasteiger partial charge in [0.2, 0.25) is 0 Å². The van der Waals surface area contributed by atoms with Gasteiger partial charge in [-0.3, -0.25) is 4.79 Å². The van der Waals surface area contributed by atoms with Crippen LogP contribution in [-0.2, 0) is 6.61 Å². The van der Waals surface area contributed by atoms with Gasteiger partial charge < -0.3 is 13.7 Å². The molecule has 0 spiro atoms. The maximum absolute atomic E-state index is 12.9. The summed E-state index contributed by atoms with van der Waals surface area (Å²) in [5.41, 5.74) is 1.52. The molecule has 0 atom stereocenters. The molecule has 0 bridgehead atoms. The second kappa shape index (κ2) is 8.44. The van der Waals surface area contributed by atoms with Crippen molar-refractivity contribution in [3.8, 4) is 11.4 Å². The first-order chi connectivity index (χ1) is 14.2. The second-order valence-electron chi connectivity index (χ2n) is 6.38. The van der Waals surface area contributed by atoms with Crippen molar-refractivity contribution in [2.24, 2.45) is 0 Å². The fourth-order valence-corrected chi connectivity index (χ4v) is 2.83. The van der Waals surface area contributed by atoms with E-state index in [4.69, 9.17) is 9.15 Å². The lowest BCUT2D eigenvalue weighted by molar-refractivity contribution is 0.104. The minimum atomic E-state index is -0.314. The van der Waals surface area contributed by atoms with Crippen LogP contribution in [0.1, 0.15) is 21.9 Å². The number of allylic oxidation sites excluding steroid dienone is 1. The molecule has 2 aromatic heterocycles. The van der Waals surface area contributed by atoms with E-state index in [1.54, 1.807) is 36.4 Å². The molecule has 0 aliphatic carbocycles. The Labute approximate surface area is 167 Å². The standard InChI is InChI=1S/C24H18FNO3/c25-19-6-8-21(9-7-19)28-17-23-11-10-22(29-23)12-13-24(27)18-4-3-5-20(16-18)26-14-1-2-15-26/h1-16H,17H2/b13-12+. The van der Waals surface area contributed by atoms with E-state index in [0.717, 1.165) is 5.69 Å². The van der Waals surface area contributed by atoms with Crippen LogP contribution in [0.25, 0.3) is 11.8 Å². The lowest BCUT2D eigenvalue weighted by Crippen LogP contribution is -1.97. The lowest BCUT2D eigenvalue weighted by atomic mass is 10.1. The first-order valence-electron chi connectivity index (χ1n) is 9.10. The molecular weight excluding hydrogens is 369 g/mol. The van der Waals surface area contributed by atoms with Crippen molar-refractivity contribution >= 4 is 11.9 Å². The summed E-state index contributed by atoms with van der Waals surface area (Å²) in [7, 11) is 0. The van der Waals surface area contributed by atoms with Gasteiger partial charge in [0.05, 0.1) is 0 Å². The summed E-state index contributed by atoms with van der Waals surface area (Å²) < 4.78 is 26.1. The zero-order valence-electron chi connectivity index (χ0n) is 15.5. The Hall–Kier alpha value is -3.86. The number of rotatable bonds is 7. The molecule has 0 saturated carbocycles. The Kier molecular flexibility index (Phi) is 5.38. The topological polar surface area (TPSA) is 44.4 Å². The molecule has 0 aliphatic rings. The number of nitrogens with zero attached hydrogens (tertiary/aromatic N) is 1. The summed E-state index contributed by atoms with van der Waals surface area (Å²) in [6.45, 7) is 0.215. The van der Waals surface area contributed by atoms with Crippen LogP contribution in [0, 0.1) is 5.82 Å². The van der Waals surface area contributed by atoms with Crippen molar-refractivity contribution in [3.63, 3.8) is 0 Å². The van der Waals surface area contributed by atoms with E-state index in [1.165, 1.54) is 18.2 Å². The summed E-state index contributed by atoms with van der Waals surface area (Å²) in [6, 6.07) is 20.6. The van der Waals surface area contributed by atoms with Crippen LogP contribution in [0.5, 0.6) is 5.75 Å². The SMILES string of the molecule is O=C(/C=C/c1ccc(COc2ccc(F)cc2)o1)c1cccc(-n2cccc2)c1. The third-order valence-corrected chi connectivity index (χ3v) is 4.31. The number of ether oxygens (including phenoxy) is 1. The van der Waals surface area contributed by atoms with E-state index in [1.807, 2.05) is 47.3 Å². The maximum atomic E-state index is 12.9. The third kappa shape index (κ3) is 4.71. The fourth-order valence-electron chi connectivity index (χ4n) is 2.83. The average molecular weight is 387 g/mol. The quantitative estimate of drug-likeness (QED) is 0.302. The molecule has 2 aromatic carbocycles. The van der Waals surface area contributed by atoms with Gasteiger partial charge in [0.25, 0.3) is 0 Å². The second-order valence-corrected chi connectivity index (χ2v) is 6.38. The Bertz CT molecular complexity index is 1130. The van der Waals surface area contributed by atoms with Gasteiger partial charge in [-0.1, -0.05) is 12.1 Å². The molecule has 0 N–H and O–H groups in total. The maximum Gasteiger partial charge on any atom is 0.186 e. The van der Waals surface area contributed by atoms with Gasteiger partial charge in [-0.25, -0.2) is 4.39 Å². The lowest BCUT2D eigenvalue weighted by Gasteiger charge is -2.04. The minimum Gasteiger partial charge on any atom is -0.486 e. The Morgan fingerprint density at radius 3 is 2.59 bits per heavy atom. The van der Waals surface area contributed by atoms with Crippen molar-refractivity contribution in [1.29, 1.82) is 0 Å². The van der Waals surface area contributed by atoms with Crippen molar-refractivity contribution in [2.45, 2.75) is 6.61 Å². The summed E-state index contributed by atoms with van der Waals surface area (Å²) in [6.07, 6.45) is 6.97. The van der Waals surface area contributed by atoms with Crippen LogP contribution in [-0.4, -0.2) is 10.4 Å². The van der Waals surface area contributed by atoms with E-state index in [-0.39, 0.29) is 18.2 Å². The van der Waals surface area contributed by atoms with Crippen molar-refractivity contribution in [3.05, 3.63) is 114 Å². The van der Waals surface area contributed by atoms with Crippen LogP contribution in [0.2, 0.25) is 0 Å². The largest absolute Gasteiger partial charge is 0.486 e. The van der Waals surface area contributed by atoms with Crippen molar-refractivity contribution in [1.82, 2.24) is 4.57 Å². The molecule has 0 unspecified atom stereocenters. The first-order valence-corrected chi connectivity index (χ1v) is 9.10. The van der Waals surface area contributed by atoms with Crippen molar-refractivity contribution in [2.75, 3.05) is 0 Å². The summed E-state index contributed by atoms with van der Waals surface area (Å²) in [5.74, 6) is 1.29. The normalized spacial score (nSPS) is 11.1. The van der Waals surface area contributed by atoms with Crippen LogP contribution >= 0.6 is 0 Å². The predicted molar refractivity (Wildman–Crippen MR) is 109 cm³/mol. The van der Waals surface area contributed by atoms with E-state index in [9.17, 15) is 9.18 Å². The number of carbonyl (C=O) groups excluding carboxylic acids is 1. The van der Waals surface area contributed by atoms with Crippen LogP contribution in [0.15, 0.2) is 95.7 Å². The summed E-state index contributed by atoms with van der Waals surface area (Å²) in [4.78, 5) is 12.5.